The highest BCUT2D eigenvalue weighted by Gasteiger charge is 2.29. The molecule has 122 valence electrons. The summed E-state index contributed by atoms with van der Waals surface area (Å²) in [6.07, 6.45) is 3.50. The Morgan fingerprint density at radius 3 is 2.33 bits per heavy atom. The van der Waals surface area contributed by atoms with Gasteiger partial charge in [-0.2, -0.15) is 5.10 Å². The minimum atomic E-state index is -0.302. The molecule has 1 aliphatic carbocycles. The molecule has 1 aliphatic rings. The first-order chi connectivity index (χ1) is 11.6. The van der Waals surface area contributed by atoms with Gasteiger partial charge in [-0.25, -0.2) is 5.43 Å². The van der Waals surface area contributed by atoms with Gasteiger partial charge in [0, 0.05) is 21.6 Å². The van der Waals surface area contributed by atoms with Crippen LogP contribution in [0.25, 0.3) is 0 Å². The topological polar surface area (TPSA) is 70.6 Å². The minimum absolute atomic E-state index is 0.0475. The average Bonchev–Trinajstić information content (AvgIpc) is 3.42. The van der Waals surface area contributed by atoms with Gasteiger partial charge in [-0.3, -0.25) is 9.59 Å². The zero-order valence-corrected chi connectivity index (χ0v) is 14.4. The maximum Gasteiger partial charge on any atom is 0.271 e. The van der Waals surface area contributed by atoms with Crippen molar-refractivity contribution >= 4 is 39.6 Å². The summed E-state index contributed by atoms with van der Waals surface area (Å²) >= 11 is 3.36. The lowest BCUT2D eigenvalue weighted by molar-refractivity contribution is -0.117. The van der Waals surface area contributed by atoms with Crippen LogP contribution >= 0.6 is 15.9 Å². The maximum absolute atomic E-state index is 12.0. The lowest BCUT2D eigenvalue weighted by Gasteiger charge is -2.05. The molecule has 0 heterocycles. The first-order valence-electron chi connectivity index (χ1n) is 7.62. The summed E-state index contributed by atoms with van der Waals surface area (Å²) < 4.78 is 0.984. The van der Waals surface area contributed by atoms with Crippen molar-refractivity contribution in [3.63, 3.8) is 0 Å². The number of nitrogens with one attached hydrogen (secondary N) is 2. The van der Waals surface area contributed by atoms with Crippen molar-refractivity contribution in [2.24, 2.45) is 11.0 Å². The molecular weight excluding hydrogens is 370 g/mol. The Labute approximate surface area is 148 Å². The van der Waals surface area contributed by atoms with Gasteiger partial charge in [-0.05, 0) is 54.8 Å². The van der Waals surface area contributed by atoms with Gasteiger partial charge in [0.2, 0.25) is 5.91 Å². The summed E-state index contributed by atoms with van der Waals surface area (Å²) in [5, 5.41) is 6.78. The van der Waals surface area contributed by atoms with E-state index in [1.807, 2.05) is 24.3 Å². The van der Waals surface area contributed by atoms with Crippen LogP contribution in [0.5, 0.6) is 0 Å². The highest BCUT2D eigenvalue weighted by atomic mass is 79.9. The lowest BCUT2D eigenvalue weighted by atomic mass is 10.2. The summed E-state index contributed by atoms with van der Waals surface area (Å²) in [4.78, 5) is 23.7. The molecule has 0 aliphatic heterocycles. The van der Waals surface area contributed by atoms with E-state index in [-0.39, 0.29) is 17.7 Å². The van der Waals surface area contributed by atoms with E-state index in [4.69, 9.17) is 0 Å². The Morgan fingerprint density at radius 2 is 1.71 bits per heavy atom. The van der Waals surface area contributed by atoms with Crippen molar-refractivity contribution in [1.29, 1.82) is 0 Å². The molecule has 0 aromatic heterocycles. The number of anilines is 1. The fourth-order valence-electron chi connectivity index (χ4n) is 2.07. The second-order valence-corrected chi connectivity index (χ2v) is 6.51. The summed E-state index contributed by atoms with van der Waals surface area (Å²) in [6.45, 7) is 0. The van der Waals surface area contributed by atoms with Crippen LogP contribution in [0.3, 0.4) is 0 Å². The molecule has 0 spiro atoms. The first-order valence-corrected chi connectivity index (χ1v) is 8.41. The highest BCUT2D eigenvalue weighted by molar-refractivity contribution is 9.10. The number of nitrogens with zero attached hydrogens (tertiary/aromatic N) is 1. The number of benzene rings is 2. The van der Waals surface area contributed by atoms with Crippen molar-refractivity contribution < 1.29 is 9.59 Å². The zero-order chi connectivity index (χ0) is 16.9. The van der Waals surface area contributed by atoms with Gasteiger partial charge in [-0.15, -0.1) is 0 Å². The van der Waals surface area contributed by atoms with Crippen molar-refractivity contribution in [2.75, 3.05) is 5.32 Å². The van der Waals surface area contributed by atoms with Crippen LogP contribution in [-0.4, -0.2) is 18.0 Å². The molecule has 3 rings (SSSR count). The van der Waals surface area contributed by atoms with E-state index in [0.29, 0.717) is 11.3 Å². The number of rotatable bonds is 5. The fourth-order valence-corrected chi connectivity index (χ4v) is 2.34. The maximum atomic E-state index is 12.0. The monoisotopic (exact) mass is 385 g/mol. The second kappa shape index (κ2) is 7.40. The van der Waals surface area contributed by atoms with E-state index in [0.717, 1.165) is 22.9 Å². The van der Waals surface area contributed by atoms with Crippen LogP contribution < -0.4 is 10.7 Å². The van der Waals surface area contributed by atoms with Crippen molar-refractivity contribution in [1.82, 2.24) is 5.43 Å². The SMILES string of the molecule is O=C(N/N=C/c1ccc(Br)cc1)c1ccc(NC(=O)C2CC2)cc1. The average molecular weight is 386 g/mol. The number of carbonyl (C=O) groups is 2. The number of hydrogen-bond donors (Lipinski definition) is 2. The zero-order valence-electron chi connectivity index (χ0n) is 12.8. The molecular formula is C18H16BrN3O2. The van der Waals surface area contributed by atoms with Crippen LogP contribution in [0.1, 0.15) is 28.8 Å². The quantitative estimate of drug-likeness (QED) is 0.609. The molecule has 5 nitrogen and oxygen atoms in total. The standard InChI is InChI=1S/C18H16BrN3O2/c19-15-7-1-12(2-8-15)11-20-22-18(24)14-5-9-16(10-6-14)21-17(23)13-3-4-13/h1-2,5-11,13H,3-4H2,(H,21,23)(H,22,24)/b20-11+. The normalized spacial score (nSPS) is 13.7. The Balaban J connectivity index is 1.54. The van der Waals surface area contributed by atoms with E-state index >= 15 is 0 Å². The smallest absolute Gasteiger partial charge is 0.271 e. The van der Waals surface area contributed by atoms with Crippen LogP contribution in [0.4, 0.5) is 5.69 Å². The van der Waals surface area contributed by atoms with Gasteiger partial charge < -0.3 is 5.32 Å². The Morgan fingerprint density at radius 1 is 1.04 bits per heavy atom. The van der Waals surface area contributed by atoms with Gasteiger partial charge >= 0.3 is 0 Å². The van der Waals surface area contributed by atoms with Gasteiger partial charge in [0.1, 0.15) is 0 Å². The van der Waals surface area contributed by atoms with E-state index in [1.54, 1.807) is 30.5 Å². The van der Waals surface area contributed by atoms with E-state index in [9.17, 15) is 9.59 Å². The molecule has 2 aromatic carbocycles. The number of amides is 2. The predicted molar refractivity (Wildman–Crippen MR) is 97.0 cm³/mol. The summed E-state index contributed by atoms with van der Waals surface area (Å²) in [6, 6.07) is 14.3. The lowest BCUT2D eigenvalue weighted by Crippen LogP contribution is -2.18. The van der Waals surface area contributed by atoms with Crippen molar-refractivity contribution in [2.45, 2.75) is 12.8 Å². The van der Waals surface area contributed by atoms with E-state index in [2.05, 4.69) is 31.8 Å². The molecule has 2 amide bonds. The molecule has 0 atom stereocenters. The van der Waals surface area contributed by atoms with Gasteiger partial charge in [0.15, 0.2) is 0 Å². The third kappa shape index (κ3) is 4.52. The highest BCUT2D eigenvalue weighted by Crippen LogP contribution is 2.30. The van der Waals surface area contributed by atoms with Gasteiger partial charge in [0.25, 0.3) is 5.91 Å². The Kier molecular flexibility index (Phi) is 5.05. The number of hydrogen-bond acceptors (Lipinski definition) is 3. The molecule has 6 heteroatoms. The minimum Gasteiger partial charge on any atom is -0.326 e. The van der Waals surface area contributed by atoms with Gasteiger partial charge in [-0.1, -0.05) is 28.1 Å². The molecule has 0 radical (unpaired) electrons. The first kappa shape index (κ1) is 16.4. The number of carbonyl (C=O) groups excluding carboxylic acids is 2. The van der Waals surface area contributed by atoms with Gasteiger partial charge in [0.05, 0.1) is 6.21 Å². The number of halogens is 1. The number of hydrazone groups is 1. The van der Waals surface area contributed by atoms with Crippen LogP contribution in [-0.2, 0) is 4.79 Å². The van der Waals surface area contributed by atoms with E-state index < -0.39 is 0 Å². The summed E-state index contributed by atoms with van der Waals surface area (Å²) in [5.41, 5.74) is 4.54. The molecule has 0 bridgehead atoms. The van der Waals surface area contributed by atoms with Crippen LogP contribution in [0.2, 0.25) is 0 Å². The molecule has 1 fully saturated rings. The van der Waals surface area contributed by atoms with Crippen LogP contribution in [0.15, 0.2) is 58.1 Å². The third-order valence-electron chi connectivity index (χ3n) is 3.61. The molecule has 1 saturated carbocycles. The van der Waals surface area contributed by atoms with Crippen LogP contribution in [0, 0.1) is 5.92 Å². The third-order valence-corrected chi connectivity index (χ3v) is 4.14. The Bertz CT molecular complexity index is 766. The molecule has 24 heavy (non-hydrogen) atoms. The molecule has 2 N–H and O–H groups in total. The predicted octanol–water partition coefficient (Wildman–Crippen LogP) is 3.56. The second-order valence-electron chi connectivity index (χ2n) is 5.59. The molecule has 0 unspecified atom stereocenters. The van der Waals surface area contributed by atoms with Crippen molar-refractivity contribution in [3.8, 4) is 0 Å². The fraction of sp³-hybridized carbons (Fsp3) is 0.167. The Hall–Kier alpha value is -2.47. The largest absolute Gasteiger partial charge is 0.326 e. The summed E-state index contributed by atoms with van der Waals surface area (Å²) in [5.74, 6) is -0.101. The van der Waals surface area contributed by atoms with Crippen molar-refractivity contribution in [3.05, 3.63) is 64.1 Å². The van der Waals surface area contributed by atoms with E-state index in [1.165, 1.54) is 0 Å². The summed E-state index contributed by atoms with van der Waals surface area (Å²) in [7, 11) is 0. The molecule has 0 saturated heterocycles. The molecule has 2 aromatic rings.